The Kier molecular flexibility index (Phi) is 5.96. The number of benzene rings is 2. The topological polar surface area (TPSA) is 87.2 Å². The molecule has 7 nitrogen and oxygen atoms in total. The quantitative estimate of drug-likeness (QED) is 0.692. The largest absolute Gasteiger partial charge is 0.355 e. The van der Waals surface area contributed by atoms with E-state index in [2.05, 4.69) is 20.6 Å². The summed E-state index contributed by atoms with van der Waals surface area (Å²) in [4.78, 5) is 34.3. The second kappa shape index (κ2) is 8.77. The Labute approximate surface area is 163 Å². The zero-order chi connectivity index (χ0) is 19.9. The molecule has 0 saturated heterocycles. The van der Waals surface area contributed by atoms with Crippen molar-refractivity contribution in [1.82, 2.24) is 20.2 Å². The summed E-state index contributed by atoms with van der Waals surface area (Å²) in [6.07, 6.45) is 3.29. The first-order valence-corrected chi connectivity index (χ1v) is 8.77. The lowest BCUT2D eigenvalue weighted by molar-refractivity contribution is 0.0784. The Morgan fingerprint density at radius 1 is 0.964 bits per heavy atom. The number of rotatable bonds is 6. The highest BCUT2D eigenvalue weighted by atomic mass is 16.2. The van der Waals surface area contributed by atoms with Crippen molar-refractivity contribution >= 4 is 23.5 Å². The number of hydrogen-bond donors (Lipinski definition) is 2. The van der Waals surface area contributed by atoms with Gasteiger partial charge in [-0.25, -0.2) is 9.97 Å². The van der Waals surface area contributed by atoms with E-state index in [1.807, 2.05) is 24.3 Å². The summed E-state index contributed by atoms with van der Waals surface area (Å²) < 4.78 is 0. The molecule has 3 aromatic rings. The van der Waals surface area contributed by atoms with Gasteiger partial charge in [0.15, 0.2) is 0 Å². The maximum Gasteiger partial charge on any atom is 0.253 e. The van der Waals surface area contributed by atoms with Gasteiger partial charge in [-0.05, 0) is 42.0 Å². The fourth-order valence-electron chi connectivity index (χ4n) is 2.69. The lowest BCUT2D eigenvalue weighted by atomic mass is 10.1. The van der Waals surface area contributed by atoms with Crippen LogP contribution in [0.2, 0.25) is 0 Å². The molecule has 28 heavy (non-hydrogen) atoms. The Morgan fingerprint density at radius 2 is 1.68 bits per heavy atom. The number of nitrogens with one attached hydrogen (secondary N) is 2. The smallest absolute Gasteiger partial charge is 0.253 e. The van der Waals surface area contributed by atoms with Gasteiger partial charge in [0, 0.05) is 49.8 Å². The SMILES string of the molecule is CNC(=O)c1ccc(CN(C)C(=O)c2cccc(Nc3ncccn3)c2)cc1. The van der Waals surface area contributed by atoms with Gasteiger partial charge in [-0.2, -0.15) is 0 Å². The van der Waals surface area contributed by atoms with Gasteiger partial charge < -0.3 is 15.5 Å². The van der Waals surface area contributed by atoms with Gasteiger partial charge in [0.2, 0.25) is 5.95 Å². The van der Waals surface area contributed by atoms with Crippen LogP contribution in [0.15, 0.2) is 67.0 Å². The molecule has 3 rings (SSSR count). The Bertz CT molecular complexity index is 958. The van der Waals surface area contributed by atoms with Gasteiger partial charge in [0.05, 0.1) is 0 Å². The number of aromatic nitrogens is 2. The molecule has 0 atom stereocenters. The van der Waals surface area contributed by atoms with Crippen molar-refractivity contribution in [2.24, 2.45) is 0 Å². The molecule has 7 heteroatoms. The third-order valence-electron chi connectivity index (χ3n) is 4.14. The summed E-state index contributed by atoms with van der Waals surface area (Å²) >= 11 is 0. The van der Waals surface area contributed by atoms with Crippen molar-refractivity contribution in [2.75, 3.05) is 19.4 Å². The van der Waals surface area contributed by atoms with Crippen LogP contribution in [-0.4, -0.2) is 40.8 Å². The average molecular weight is 375 g/mol. The third-order valence-corrected chi connectivity index (χ3v) is 4.14. The highest BCUT2D eigenvalue weighted by Crippen LogP contribution is 2.16. The number of hydrogen-bond acceptors (Lipinski definition) is 5. The molecule has 1 heterocycles. The molecule has 142 valence electrons. The molecular formula is C21H21N5O2. The van der Waals surface area contributed by atoms with Crippen LogP contribution in [0, 0.1) is 0 Å². The van der Waals surface area contributed by atoms with E-state index in [1.165, 1.54) is 0 Å². The van der Waals surface area contributed by atoms with Crippen LogP contribution in [0.1, 0.15) is 26.3 Å². The molecule has 2 amide bonds. The van der Waals surface area contributed by atoms with Crippen LogP contribution in [-0.2, 0) is 6.54 Å². The van der Waals surface area contributed by atoms with Crippen molar-refractivity contribution in [3.8, 4) is 0 Å². The number of nitrogens with zero attached hydrogens (tertiary/aromatic N) is 3. The standard InChI is InChI=1S/C21H21N5O2/c1-22-19(27)16-9-7-15(8-10-16)14-26(2)20(28)17-5-3-6-18(13-17)25-21-23-11-4-12-24-21/h3-13H,14H2,1-2H3,(H,22,27)(H,23,24,25). The summed E-state index contributed by atoms with van der Waals surface area (Å²) in [5, 5.41) is 5.66. The van der Waals surface area contributed by atoms with E-state index in [4.69, 9.17) is 0 Å². The lowest BCUT2D eigenvalue weighted by Gasteiger charge is -2.18. The highest BCUT2D eigenvalue weighted by molar-refractivity contribution is 5.95. The number of carbonyl (C=O) groups excluding carboxylic acids is 2. The maximum atomic E-state index is 12.8. The van der Waals surface area contributed by atoms with Crippen LogP contribution in [0.3, 0.4) is 0 Å². The van der Waals surface area contributed by atoms with Crippen LogP contribution < -0.4 is 10.6 Å². The number of anilines is 2. The van der Waals surface area contributed by atoms with E-state index in [-0.39, 0.29) is 11.8 Å². The molecule has 0 aliphatic carbocycles. The first-order chi connectivity index (χ1) is 13.6. The van der Waals surface area contributed by atoms with Gasteiger partial charge in [0.1, 0.15) is 0 Å². The molecular weight excluding hydrogens is 354 g/mol. The molecule has 0 saturated carbocycles. The molecule has 2 N–H and O–H groups in total. The molecule has 0 aliphatic rings. The summed E-state index contributed by atoms with van der Waals surface area (Å²) in [5.41, 5.74) is 2.82. The van der Waals surface area contributed by atoms with Crippen LogP contribution in [0.25, 0.3) is 0 Å². The van der Waals surface area contributed by atoms with Crippen LogP contribution in [0.4, 0.5) is 11.6 Å². The summed E-state index contributed by atoms with van der Waals surface area (Å²) in [6, 6.07) is 16.1. The van der Waals surface area contributed by atoms with E-state index in [0.29, 0.717) is 23.6 Å². The molecule has 0 spiro atoms. The first-order valence-electron chi connectivity index (χ1n) is 8.77. The van der Waals surface area contributed by atoms with Crippen molar-refractivity contribution in [3.05, 3.63) is 83.7 Å². The van der Waals surface area contributed by atoms with E-state index in [0.717, 1.165) is 11.3 Å². The average Bonchev–Trinajstić information content (AvgIpc) is 2.74. The van der Waals surface area contributed by atoms with E-state index < -0.39 is 0 Å². The molecule has 2 aromatic carbocycles. The van der Waals surface area contributed by atoms with Gasteiger partial charge in [0.25, 0.3) is 11.8 Å². The summed E-state index contributed by atoms with van der Waals surface area (Å²) in [5.74, 6) is 0.229. The fourth-order valence-corrected chi connectivity index (χ4v) is 2.69. The van der Waals surface area contributed by atoms with E-state index in [1.54, 1.807) is 61.7 Å². The molecule has 0 fully saturated rings. The molecule has 0 bridgehead atoms. The maximum absolute atomic E-state index is 12.8. The van der Waals surface area contributed by atoms with Crippen LogP contribution >= 0.6 is 0 Å². The van der Waals surface area contributed by atoms with E-state index >= 15 is 0 Å². The van der Waals surface area contributed by atoms with Gasteiger partial charge >= 0.3 is 0 Å². The predicted octanol–water partition coefficient (Wildman–Crippen LogP) is 2.85. The zero-order valence-electron chi connectivity index (χ0n) is 15.7. The van der Waals surface area contributed by atoms with Gasteiger partial charge in [-0.15, -0.1) is 0 Å². The molecule has 0 unspecified atom stereocenters. The first kappa shape index (κ1) is 19.0. The normalized spacial score (nSPS) is 10.2. The zero-order valence-corrected chi connectivity index (χ0v) is 15.7. The fraction of sp³-hybridized carbons (Fsp3) is 0.143. The number of carbonyl (C=O) groups is 2. The Balaban J connectivity index is 1.67. The van der Waals surface area contributed by atoms with Crippen LogP contribution in [0.5, 0.6) is 0 Å². The van der Waals surface area contributed by atoms with Crippen molar-refractivity contribution in [1.29, 1.82) is 0 Å². The second-order valence-electron chi connectivity index (χ2n) is 6.22. The third kappa shape index (κ3) is 4.70. The Morgan fingerprint density at radius 3 is 2.36 bits per heavy atom. The Hall–Kier alpha value is -3.74. The minimum absolute atomic E-state index is 0.104. The van der Waals surface area contributed by atoms with Crippen molar-refractivity contribution in [2.45, 2.75) is 6.54 Å². The van der Waals surface area contributed by atoms with Gasteiger partial charge in [-0.1, -0.05) is 18.2 Å². The molecule has 1 aromatic heterocycles. The predicted molar refractivity (Wildman–Crippen MR) is 107 cm³/mol. The summed E-state index contributed by atoms with van der Waals surface area (Å²) in [6.45, 7) is 0.437. The monoisotopic (exact) mass is 375 g/mol. The van der Waals surface area contributed by atoms with Crippen molar-refractivity contribution in [3.63, 3.8) is 0 Å². The lowest BCUT2D eigenvalue weighted by Crippen LogP contribution is -2.26. The molecule has 0 aliphatic heterocycles. The van der Waals surface area contributed by atoms with E-state index in [9.17, 15) is 9.59 Å². The highest BCUT2D eigenvalue weighted by Gasteiger charge is 2.13. The molecule has 0 radical (unpaired) electrons. The minimum atomic E-state index is -0.136. The minimum Gasteiger partial charge on any atom is -0.355 e. The number of amides is 2. The summed E-state index contributed by atoms with van der Waals surface area (Å²) in [7, 11) is 3.34. The second-order valence-corrected chi connectivity index (χ2v) is 6.22. The van der Waals surface area contributed by atoms with Crippen molar-refractivity contribution < 1.29 is 9.59 Å². The van der Waals surface area contributed by atoms with Gasteiger partial charge in [-0.3, -0.25) is 9.59 Å².